The fourth-order valence-electron chi connectivity index (χ4n) is 3.13. The van der Waals surface area contributed by atoms with Gasteiger partial charge in [0, 0.05) is 5.69 Å². The lowest BCUT2D eigenvalue weighted by molar-refractivity contribution is 0.866. The largest absolute Gasteiger partial charge is 0.363 e. The van der Waals surface area contributed by atoms with Crippen molar-refractivity contribution in [3.05, 3.63) is 84.0 Å². The first kappa shape index (κ1) is 16.9. The highest BCUT2D eigenvalue weighted by Gasteiger charge is 2.13. The third-order valence-corrected chi connectivity index (χ3v) is 6.77. The van der Waals surface area contributed by atoms with E-state index in [1.54, 1.807) is 0 Å². The zero-order chi connectivity index (χ0) is 16.9. The Morgan fingerprint density at radius 2 is 1.62 bits per heavy atom. The number of hydrogen-bond donors (Lipinski definition) is 1. The molecule has 0 aromatic heterocycles. The summed E-state index contributed by atoms with van der Waals surface area (Å²) in [4.78, 5) is 0. The Morgan fingerprint density at radius 3 is 2.25 bits per heavy atom. The first-order valence-corrected chi connectivity index (χ1v) is 10.2. The van der Waals surface area contributed by atoms with Crippen LogP contribution in [0, 0.1) is 0 Å². The zero-order valence-corrected chi connectivity index (χ0v) is 15.7. The molecule has 2 aromatic carbocycles. The van der Waals surface area contributed by atoms with E-state index in [0.717, 1.165) is 6.42 Å². The van der Waals surface area contributed by atoms with E-state index in [9.17, 15) is 0 Å². The van der Waals surface area contributed by atoms with Gasteiger partial charge in [-0.15, -0.1) is 0 Å². The SMILES string of the molecule is CCc1cccc(C(C)C)c1N[PH](=C1C=CC=C1)c1ccccc1. The van der Waals surface area contributed by atoms with Gasteiger partial charge in [0.1, 0.15) is 0 Å². The molecule has 1 N–H and O–H groups in total. The lowest BCUT2D eigenvalue weighted by Gasteiger charge is -2.22. The van der Waals surface area contributed by atoms with Crippen molar-refractivity contribution in [2.45, 2.75) is 33.1 Å². The van der Waals surface area contributed by atoms with Crippen molar-refractivity contribution in [3.63, 3.8) is 0 Å². The fraction of sp³-hybridized carbons (Fsp3) is 0.227. The van der Waals surface area contributed by atoms with Gasteiger partial charge in [0.15, 0.2) is 0 Å². The average molecular weight is 335 g/mol. The van der Waals surface area contributed by atoms with Crippen LogP contribution < -0.4 is 10.4 Å². The van der Waals surface area contributed by atoms with E-state index < -0.39 is 7.70 Å². The van der Waals surface area contributed by atoms with Gasteiger partial charge < -0.3 is 5.09 Å². The van der Waals surface area contributed by atoms with Crippen LogP contribution >= 0.6 is 7.70 Å². The van der Waals surface area contributed by atoms with E-state index >= 15 is 0 Å². The molecule has 1 aliphatic rings. The first-order chi connectivity index (χ1) is 11.7. The second-order valence-electron chi connectivity index (χ2n) is 6.43. The summed E-state index contributed by atoms with van der Waals surface area (Å²) in [6, 6.07) is 17.6. The number of nitrogens with one attached hydrogen (secondary N) is 1. The van der Waals surface area contributed by atoms with E-state index in [2.05, 4.69) is 98.7 Å². The van der Waals surface area contributed by atoms with Crippen LogP contribution in [0.4, 0.5) is 5.69 Å². The molecule has 0 fully saturated rings. The molecular formula is C22H26NP. The Bertz CT molecular complexity index is 784. The molecule has 2 heteroatoms. The molecule has 2 aromatic rings. The van der Waals surface area contributed by atoms with Crippen molar-refractivity contribution in [1.29, 1.82) is 0 Å². The van der Waals surface area contributed by atoms with Gasteiger partial charge >= 0.3 is 0 Å². The topological polar surface area (TPSA) is 12.0 Å². The van der Waals surface area contributed by atoms with Gasteiger partial charge in [0.25, 0.3) is 0 Å². The summed E-state index contributed by atoms with van der Waals surface area (Å²) in [6.45, 7) is 6.79. The number of aryl methyl sites for hydroxylation is 1. The lowest BCUT2D eigenvalue weighted by atomic mass is 9.97. The molecule has 0 bridgehead atoms. The summed E-state index contributed by atoms with van der Waals surface area (Å²) in [7, 11) is -1.05. The Hall–Kier alpha value is -1.98. The summed E-state index contributed by atoms with van der Waals surface area (Å²) in [6.07, 6.45) is 9.82. The van der Waals surface area contributed by atoms with Gasteiger partial charge in [-0.2, -0.15) is 0 Å². The van der Waals surface area contributed by atoms with Crippen LogP contribution in [0.1, 0.15) is 37.8 Å². The van der Waals surface area contributed by atoms with Gasteiger partial charge in [-0.3, -0.25) is 0 Å². The van der Waals surface area contributed by atoms with E-state index in [0.29, 0.717) is 5.92 Å². The molecule has 1 unspecified atom stereocenters. The molecule has 0 amide bonds. The molecule has 0 heterocycles. The van der Waals surface area contributed by atoms with Crippen molar-refractivity contribution >= 4 is 24.0 Å². The molecule has 0 aliphatic heterocycles. The van der Waals surface area contributed by atoms with Crippen molar-refractivity contribution in [2.75, 3.05) is 5.09 Å². The Kier molecular flexibility index (Phi) is 5.43. The third kappa shape index (κ3) is 3.57. The van der Waals surface area contributed by atoms with Gasteiger partial charge in [0.2, 0.25) is 0 Å². The quantitative estimate of drug-likeness (QED) is 0.708. The molecule has 1 nitrogen and oxygen atoms in total. The van der Waals surface area contributed by atoms with E-state index in [4.69, 9.17) is 0 Å². The number of rotatable bonds is 5. The van der Waals surface area contributed by atoms with Crippen LogP contribution in [0.3, 0.4) is 0 Å². The zero-order valence-electron chi connectivity index (χ0n) is 14.7. The van der Waals surface area contributed by atoms with Crippen molar-refractivity contribution < 1.29 is 0 Å². The van der Waals surface area contributed by atoms with Crippen LogP contribution in [0.15, 0.2) is 72.8 Å². The van der Waals surface area contributed by atoms with Crippen molar-refractivity contribution in [3.8, 4) is 0 Å². The predicted octanol–water partition coefficient (Wildman–Crippen LogP) is 5.54. The highest BCUT2D eigenvalue weighted by Crippen LogP contribution is 2.36. The second-order valence-corrected chi connectivity index (χ2v) is 8.58. The Morgan fingerprint density at radius 1 is 0.917 bits per heavy atom. The van der Waals surface area contributed by atoms with Crippen LogP contribution in [0.25, 0.3) is 0 Å². The summed E-state index contributed by atoms with van der Waals surface area (Å²) >= 11 is 0. The molecule has 3 rings (SSSR count). The summed E-state index contributed by atoms with van der Waals surface area (Å²) in [5, 5.41) is 6.78. The molecule has 0 saturated heterocycles. The van der Waals surface area contributed by atoms with Crippen LogP contribution in [0.2, 0.25) is 0 Å². The van der Waals surface area contributed by atoms with Crippen LogP contribution in [-0.4, -0.2) is 5.29 Å². The smallest absolute Gasteiger partial charge is 0.0440 e. The molecular weight excluding hydrogens is 309 g/mol. The minimum absolute atomic E-state index is 0.512. The molecule has 0 saturated carbocycles. The summed E-state index contributed by atoms with van der Waals surface area (Å²) < 4.78 is 0. The normalized spacial score (nSPS) is 14.4. The van der Waals surface area contributed by atoms with Crippen LogP contribution in [0.5, 0.6) is 0 Å². The number of anilines is 1. The number of hydrogen-bond acceptors (Lipinski definition) is 1. The van der Waals surface area contributed by atoms with Crippen molar-refractivity contribution in [1.82, 2.24) is 0 Å². The van der Waals surface area contributed by atoms with Crippen LogP contribution in [-0.2, 0) is 6.42 Å². The standard InChI is InChI=1S/C22H26NP/c1-4-18-11-10-16-21(17(2)3)22(18)23-24(20-14-8-9-15-20)19-12-6-5-7-13-19/h5-17,23-24H,4H2,1-3H3. The number of benzene rings is 2. The predicted molar refractivity (Wildman–Crippen MR) is 111 cm³/mol. The van der Waals surface area contributed by atoms with Gasteiger partial charge in [-0.1, -0.05) is 93.6 Å². The molecule has 24 heavy (non-hydrogen) atoms. The number of para-hydroxylation sites is 1. The first-order valence-electron chi connectivity index (χ1n) is 8.74. The van der Waals surface area contributed by atoms with E-state index in [-0.39, 0.29) is 0 Å². The minimum atomic E-state index is -1.05. The Balaban J connectivity index is 2.12. The van der Waals surface area contributed by atoms with Gasteiger partial charge in [-0.05, 0) is 41.8 Å². The molecule has 1 aliphatic carbocycles. The maximum atomic E-state index is 3.97. The maximum absolute atomic E-state index is 3.97. The molecule has 1 atom stereocenters. The molecule has 0 spiro atoms. The lowest BCUT2D eigenvalue weighted by Crippen LogP contribution is -2.09. The van der Waals surface area contributed by atoms with Gasteiger partial charge in [-0.25, -0.2) is 0 Å². The Labute approximate surface area is 146 Å². The maximum Gasteiger partial charge on any atom is 0.0440 e. The monoisotopic (exact) mass is 335 g/mol. The molecule has 124 valence electrons. The summed E-state index contributed by atoms with van der Waals surface area (Å²) in [5.41, 5.74) is 4.17. The highest BCUT2D eigenvalue weighted by molar-refractivity contribution is 7.68. The minimum Gasteiger partial charge on any atom is -0.363 e. The summed E-state index contributed by atoms with van der Waals surface area (Å²) in [5.74, 6) is 0.512. The van der Waals surface area contributed by atoms with Crippen molar-refractivity contribution in [2.24, 2.45) is 0 Å². The van der Waals surface area contributed by atoms with Gasteiger partial charge in [0.05, 0.1) is 0 Å². The average Bonchev–Trinajstić information content (AvgIpc) is 3.14. The van der Waals surface area contributed by atoms with E-state index in [1.807, 2.05) is 0 Å². The van der Waals surface area contributed by atoms with E-state index in [1.165, 1.54) is 27.4 Å². The molecule has 0 radical (unpaired) electrons. The second kappa shape index (κ2) is 7.73. The number of allylic oxidation sites excluding steroid dienone is 4. The third-order valence-electron chi connectivity index (χ3n) is 4.45. The highest BCUT2D eigenvalue weighted by atomic mass is 31.1. The fourth-order valence-corrected chi connectivity index (χ4v) is 5.36.